The highest BCUT2D eigenvalue weighted by Crippen LogP contribution is 2.17. The lowest BCUT2D eigenvalue weighted by Crippen LogP contribution is -2.13. The molecule has 0 aliphatic carbocycles. The Balaban J connectivity index is 1.84. The summed E-state index contributed by atoms with van der Waals surface area (Å²) < 4.78 is 0.681. The van der Waals surface area contributed by atoms with Gasteiger partial charge < -0.3 is 10.3 Å². The van der Waals surface area contributed by atoms with Crippen molar-refractivity contribution in [2.75, 3.05) is 5.32 Å². The Morgan fingerprint density at radius 2 is 2.15 bits per heavy atom. The molecule has 3 rings (SSSR count). The van der Waals surface area contributed by atoms with Crippen molar-refractivity contribution in [1.29, 1.82) is 0 Å². The fourth-order valence-electron chi connectivity index (χ4n) is 2.20. The minimum absolute atomic E-state index is 0.0672. The van der Waals surface area contributed by atoms with Crippen molar-refractivity contribution >= 4 is 27.2 Å². The summed E-state index contributed by atoms with van der Waals surface area (Å²) in [5.74, 6) is 0.654. The largest absolute Gasteiger partial charge is 0.378 e. The van der Waals surface area contributed by atoms with E-state index >= 15 is 0 Å². The molecular formula is C15H15N3OS. The van der Waals surface area contributed by atoms with Gasteiger partial charge in [-0.1, -0.05) is 17.7 Å². The molecule has 0 saturated heterocycles. The zero-order valence-electron chi connectivity index (χ0n) is 11.4. The Kier molecular flexibility index (Phi) is 3.28. The van der Waals surface area contributed by atoms with E-state index in [1.165, 1.54) is 22.5 Å². The van der Waals surface area contributed by atoms with Gasteiger partial charge in [-0.2, -0.15) is 0 Å². The van der Waals surface area contributed by atoms with Crippen LogP contribution in [0.15, 0.2) is 34.4 Å². The van der Waals surface area contributed by atoms with Crippen molar-refractivity contribution in [2.24, 2.45) is 0 Å². The molecule has 2 heterocycles. The van der Waals surface area contributed by atoms with Crippen LogP contribution in [0.3, 0.4) is 0 Å². The predicted octanol–water partition coefficient (Wildman–Crippen LogP) is 3.21. The maximum atomic E-state index is 11.9. The van der Waals surface area contributed by atoms with E-state index in [-0.39, 0.29) is 5.56 Å². The normalized spacial score (nSPS) is 10.9. The number of nitrogens with zero attached hydrogens (tertiary/aromatic N) is 1. The fourth-order valence-corrected chi connectivity index (χ4v) is 2.92. The molecule has 2 aromatic heterocycles. The van der Waals surface area contributed by atoms with Crippen molar-refractivity contribution in [3.05, 3.63) is 57.0 Å². The number of nitrogens with one attached hydrogen (secondary N) is 2. The third kappa shape index (κ3) is 2.44. The number of benzene rings is 1. The van der Waals surface area contributed by atoms with Gasteiger partial charge in [0, 0.05) is 5.69 Å². The van der Waals surface area contributed by atoms with Crippen molar-refractivity contribution < 1.29 is 0 Å². The third-order valence-corrected chi connectivity index (χ3v) is 4.09. The molecule has 0 atom stereocenters. The first kappa shape index (κ1) is 12.9. The van der Waals surface area contributed by atoms with Crippen LogP contribution < -0.4 is 10.9 Å². The van der Waals surface area contributed by atoms with Gasteiger partial charge in [0.1, 0.15) is 10.5 Å². The van der Waals surface area contributed by atoms with Crippen molar-refractivity contribution in [2.45, 2.75) is 20.4 Å². The SMILES string of the molecule is Cc1ccc(NCc2nc3ccsc3c(=O)[nH]2)c(C)c1. The minimum Gasteiger partial charge on any atom is -0.378 e. The predicted molar refractivity (Wildman–Crippen MR) is 83.5 cm³/mol. The second-order valence-corrected chi connectivity index (χ2v) is 5.74. The number of hydrogen-bond acceptors (Lipinski definition) is 4. The van der Waals surface area contributed by atoms with E-state index in [0.29, 0.717) is 17.1 Å². The highest BCUT2D eigenvalue weighted by Gasteiger charge is 2.05. The van der Waals surface area contributed by atoms with E-state index in [4.69, 9.17) is 0 Å². The third-order valence-electron chi connectivity index (χ3n) is 3.19. The van der Waals surface area contributed by atoms with Crippen LogP contribution in [0.4, 0.5) is 5.69 Å². The van der Waals surface area contributed by atoms with Gasteiger partial charge in [0.2, 0.25) is 0 Å². The zero-order chi connectivity index (χ0) is 14.1. The number of aromatic amines is 1. The van der Waals surface area contributed by atoms with Crippen molar-refractivity contribution in [3.63, 3.8) is 0 Å². The average molecular weight is 285 g/mol. The van der Waals surface area contributed by atoms with E-state index in [2.05, 4.69) is 41.3 Å². The average Bonchev–Trinajstić information content (AvgIpc) is 2.86. The Bertz CT molecular complexity index is 819. The second-order valence-electron chi connectivity index (χ2n) is 4.82. The highest BCUT2D eigenvalue weighted by atomic mass is 32.1. The van der Waals surface area contributed by atoms with E-state index in [9.17, 15) is 4.79 Å². The Morgan fingerprint density at radius 1 is 1.30 bits per heavy atom. The fraction of sp³-hybridized carbons (Fsp3) is 0.200. The molecule has 0 amide bonds. The van der Waals surface area contributed by atoms with Crippen LogP contribution >= 0.6 is 11.3 Å². The molecule has 4 nitrogen and oxygen atoms in total. The quantitative estimate of drug-likeness (QED) is 0.777. The molecule has 5 heteroatoms. The molecule has 0 fully saturated rings. The van der Waals surface area contributed by atoms with Crippen LogP contribution in [0, 0.1) is 13.8 Å². The smallest absolute Gasteiger partial charge is 0.268 e. The maximum Gasteiger partial charge on any atom is 0.268 e. The number of fused-ring (bicyclic) bond motifs is 1. The lowest BCUT2D eigenvalue weighted by Gasteiger charge is -2.09. The van der Waals surface area contributed by atoms with Gasteiger partial charge in [-0.05, 0) is 36.9 Å². The number of hydrogen-bond donors (Lipinski definition) is 2. The number of aromatic nitrogens is 2. The Labute approximate surface area is 120 Å². The monoisotopic (exact) mass is 285 g/mol. The van der Waals surface area contributed by atoms with Gasteiger partial charge >= 0.3 is 0 Å². The zero-order valence-corrected chi connectivity index (χ0v) is 12.2. The molecule has 102 valence electrons. The molecule has 0 spiro atoms. The number of anilines is 1. The molecule has 0 aliphatic heterocycles. The maximum absolute atomic E-state index is 11.9. The van der Waals surface area contributed by atoms with Gasteiger partial charge in [-0.3, -0.25) is 4.79 Å². The summed E-state index contributed by atoms with van der Waals surface area (Å²) in [6, 6.07) is 8.11. The molecule has 3 aromatic rings. The first-order valence-corrected chi connectivity index (χ1v) is 7.29. The van der Waals surface area contributed by atoms with Crippen LogP contribution in [0.2, 0.25) is 0 Å². The summed E-state index contributed by atoms with van der Waals surface area (Å²) in [4.78, 5) is 19.1. The second kappa shape index (κ2) is 5.09. The lowest BCUT2D eigenvalue weighted by molar-refractivity contribution is 0.954. The Morgan fingerprint density at radius 3 is 2.95 bits per heavy atom. The standard InChI is InChI=1S/C15H15N3OS/c1-9-3-4-11(10(2)7-9)16-8-13-17-12-5-6-20-14(12)15(19)18-13/h3-7,16H,8H2,1-2H3,(H,17,18,19). The summed E-state index contributed by atoms with van der Waals surface area (Å²) in [6.07, 6.45) is 0. The number of rotatable bonds is 3. The van der Waals surface area contributed by atoms with Gasteiger partial charge in [-0.25, -0.2) is 4.98 Å². The van der Waals surface area contributed by atoms with Crippen LogP contribution in [0.25, 0.3) is 10.2 Å². The highest BCUT2D eigenvalue weighted by molar-refractivity contribution is 7.17. The molecule has 20 heavy (non-hydrogen) atoms. The van der Waals surface area contributed by atoms with Crippen LogP contribution in [-0.2, 0) is 6.54 Å². The number of H-pyrrole nitrogens is 1. The van der Waals surface area contributed by atoms with Crippen LogP contribution in [0.5, 0.6) is 0 Å². The van der Waals surface area contributed by atoms with E-state index in [1.807, 2.05) is 17.5 Å². The molecule has 0 unspecified atom stereocenters. The molecular weight excluding hydrogens is 270 g/mol. The lowest BCUT2D eigenvalue weighted by atomic mass is 10.1. The van der Waals surface area contributed by atoms with Gasteiger partial charge in [0.05, 0.1) is 12.1 Å². The molecule has 0 radical (unpaired) electrons. The number of thiophene rings is 1. The molecule has 2 N–H and O–H groups in total. The first-order chi connectivity index (χ1) is 9.63. The summed E-state index contributed by atoms with van der Waals surface area (Å²) in [5, 5.41) is 5.19. The molecule has 1 aromatic carbocycles. The molecule has 0 aliphatic rings. The van der Waals surface area contributed by atoms with Crippen LogP contribution in [0.1, 0.15) is 17.0 Å². The van der Waals surface area contributed by atoms with Gasteiger partial charge in [0.15, 0.2) is 0 Å². The minimum atomic E-state index is -0.0672. The summed E-state index contributed by atoms with van der Waals surface area (Å²) in [6.45, 7) is 4.64. The van der Waals surface area contributed by atoms with Gasteiger partial charge in [-0.15, -0.1) is 11.3 Å². The molecule has 0 bridgehead atoms. The van der Waals surface area contributed by atoms with E-state index in [1.54, 1.807) is 0 Å². The molecule has 0 saturated carbocycles. The van der Waals surface area contributed by atoms with Crippen molar-refractivity contribution in [3.8, 4) is 0 Å². The van der Waals surface area contributed by atoms with Crippen molar-refractivity contribution in [1.82, 2.24) is 9.97 Å². The van der Waals surface area contributed by atoms with E-state index in [0.717, 1.165) is 11.2 Å². The summed E-state index contributed by atoms with van der Waals surface area (Å²) in [7, 11) is 0. The topological polar surface area (TPSA) is 57.8 Å². The van der Waals surface area contributed by atoms with E-state index < -0.39 is 0 Å². The van der Waals surface area contributed by atoms with Gasteiger partial charge in [0.25, 0.3) is 5.56 Å². The Hall–Kier alpha value is -2.14. The number of aryl methyl sites for hydroxylation is 2. The summed E-state index contributed by atoms with van der Waals surface area (Å²) in [5.41, 5.74) is 4.17. The van der Waals surface area contributed by atoms with Crippen LogP contribution in [-0.4, -0.2) is 9.97 Å². The first-order valence-electron chi connectivity index (χ1n) is 6.41. The summed E-state index contributed by atoms with van der Waals surface area (Å²) >= 11 is 1.41.